The maximum Gasteiger partial charge on any atom is 0.389 e. The van der Waals surface area contributed by atoms with Gasteiger partial charge in [0.25, 0.3) is 5.91 Å². The van der Waals surface area contributed by atoms with Gasteiger partial charge in [0.1, 0.15) is 15.8 Å². The van der Waals surface area contributed by atoms with Crippen LogP contribution in [0.4, 0.5) is 39.0 Å². The quantitative estimate of drug-likeness (QED) is 0.276. The van der Waals surface area contributed by atoms with Gasteiger partial charge in [0.05, 0.1) is 28.6 Å². The Morgan fingerprint density at radius 1 is 1.03 bits per heavy atom. The Balaban J connectivity index is 1.74. The topological polar surface area (TPSA) is 87.3 Å². The lowest BCUT2D eigenvalue weighted by Crippen LogP contribution is -2.20. The zero-order valence-corrected chi connectivity index (χ0v) is 19.6. The number of anilines is 3. The fraction of sp³-hybridized carbons (Fsp3) is 0.286. The monoisotopic (exact) mass is 557 g/mol. The van der Waals surface area contributed by atoms with Crippen LogP contribution in [0.5, 0.6) is 0 Å². The van der Waals surface area contributed by atoms with Crippen molar-refractivity contribution in [2.24, 2.45) is 5.92 Å². The van der Waals surface area contributed by atoms with Gasteiger partial charge in [0, 0.05) is 12.1 Å². The van der Waals surface area contributed by atoms with Crippen LogP contribution in [0.1, 0.15) is 29.6 Å². The molecule has 3 amide bonds. The first-order chi connectivity index (χ1) is 16.2. The zero-order valence-electron chi connectivity index (χ0n) is 17.3. The third-order valence-electron chi connectivity index (χ3n) is 4.86. The van der Waals surface area contributed by atoms with Crippen LogP contribution in [0.3, 0.4) is 0 Å². The summed E-state index contributed by atoms with van der Waals surface area (Å²) in [5.74, 6) is -6.05. The SMILES string of the molecule is O=C(CCC(F)(F)F)Nc1c(F)ccc(NC(=O)c2cc(NC(=O)C3CC3(Cl)Cl)ccc2Cl)c1F. The molecule has 6 nitrogen and oxygen atoms in total. The van der Waals surface area contributed by atoms with E-state index in [9.17, 15) is 36.3 Å². The molecule has 0 aromatic heterocycles. The van der Waals surface area contributed by atoms with E-state index in [1.165, 1.54) is 18.2 Å². The molecule has 35 heavy (non-hydrogen) atoms. The van der Waals surface area contributed by atoms with Gasteiger partial charge in [-0.25, -0.2) is 8.78 Å². The number of hydrogen-bond acceptors (Lipinski definition) is 3. The third kappa shape index (κ3) is 6.96. The van der Waals surface area contributed by atoms with E-state index in [4.69, 9.17) is 34.8 Å². The Bertz CT molecular complexity index is 1190. The van der Waals surface area contributed by atoms with Crippen molar-refractivity contribution in [3.8, 4) is 0 Å². The molecule has 188 valence electrons. The molecule has 0 saturated heterocycles. The second kappa shape index (κ2) is 10.2. The van der Waals surface area contributed by atoms with Gasteiger partial charge in [-0.1, -0.05) is 11.6 Å². The van der Waals surface area contributed by atoms with Crippen molar-refractivity contribution in [3.05, 3.63) is 52.6 Å². The molecule has 1 atom stereocenters. The van der Waals surface area contributed by atoms with E-state index < -0.39 is 70.0 Å². The molecule has 1 fully saturated rings. The summed E-state index contributed by atoms with van der Waals surface area (Å²) in [6.07, 6.45) is -6.92. The second-order valence-electron chi connectivity index (χ2n) is 7.60. The molecule has 0 heterocycles. The van der Waals surface area contributed by atoms with Crippen molar-refractivity contribution in [1.29, 1.82) is 0 Å². The second-order valence-corrected chi connectivity index (χ2v) is 9.55. The summed E-state index contributed by atoms with van der Waals surface area (Å²) in [4.78, 5) is 36.5. The molecule has 3 N–H and O–H groups in total. The number of halogens is 8. The van der Waals surface area contributed by atoms with E-state index in [1.54, 1.807) is 5.32 Å². The molecule has 0 bridgehead atoms. The minimum atomic E-state index is -4.63. The number of nitrogens with one attached hydrogen (secondary N) is 3. The number of carbonyl (C=O) groups excluding carboxylic acids is 3. The Labute approximate surface area is 210 Å². The maximum absolute atomic E-state index is 14.8. The average Bonchev–Trinajstić information content (AvgIpc) is 3.40. The maximum atomic E-state index is 14.8. The minimum absolute atomic E-state index is 0.0702. The van der Waals surface area contributed by atoms with Gasteiger partial charge in [-0.15, -0.1) is 23.2 Å². The van der Waals surface area contributed by atoms with Crippen molar-refractivity contribution in [3.63, 3.8) is 0 Å². The minimum Gasteiger partial charge on any atom is -0.326 e. The van der Waals surface area contributed by atoms with Gasteiger partial charge in [0.2, 0.25) is 11.8 Å². The Morgan fingerprint density at radius 3 is 2.29 bits per heavy atom. The summed E-state index contributed by atoms with van der Waals surface area (Å²) < 4.78 is 64.4. The van der Waals surface area contributed by atoms with E-state index in [-0.39, 0.29) is 22.7 Å². The molecule has 1 aliphatic carbocycles. The lowest BCUT2D eigenvalue weighted by atomic mass is 10.1. The smallest absolute Gasteiger partial charge is 0.326 e. The van der Waals surface area contributed by atoms with Gasteiger partial charge in [-0.2, -0.15) is 13.2 Å². The van der Waals surface area contributed by atoms with Crippen LogP contribution < -0.4 is 16.0 Å². The number of carbonyl (C=O) groups is 3. The highest BCUT2D eigenvalue weighted by atomic mass is 35.5. The molecular weight excluding hydrogens is 544 g/mol. The molecule has 0 spiro atoms. The number of rotatable bonds is 7. The molecule has 14 heteroatoms. The van der Waals surface area contributed by atoms with Crippen molar-refractivity contribution >= 4 is 69.6 Å². The molecule has 2 aromatic rings. The van der Waals surface area contributed by atoms with E-state index in [0.29, 0.717) is 6.07 Å². The molecule has 1 saturated carbocycles. The van der Waals surface area contributed by atoms with Crippen LogP contribution in [0.2, 0.25) is 5.02 Å². The third-order valence-corrected chi connectivity index (χ3v) is 6.03. The van der Waals surface area contributed by atoms with Gasteiger partial charge in [-0.05, 0) is 36.8 Å². The lowest BCUT2D eigenvalue weighted by Gasteiger charge is -2.14. The summed E-state index contributed by atoms with van der Waals surface area (Å²) >= 11 is 17.7. The fourth-order valence-electron chi connectivity index (χ4n) is 2.91. The highest BCUT2D eigenvalue weighted by Crippen LogP contribution is 2.53. The Morgan fingerprint density at radius 2 is 1.69 bits per heavy atom. The van der Waals surface area contributed by atoms with Crippen molar-refractivity contribution in [2.75, 3.05) is 16.0 Å². The van der Waals surface area contributed by atoms with E-state index >= 15 is 0 Å². The van der Waals surface area contributed by atoms with Gasteiger partial charge < -0.3 is 16.0 Å². The zero-order chi connectivity index (χ0) is 26.1. The predicted octanol–water partition coefficient (Wildman–Crippen LogP) is 6.28. The largest absolute Gasteiger partial charge is 0.389 e. The summed E-state index contributed by atoms with van der Waals surface area (Å²) in [5.41, 5.74) is -1.64. The fourth-order valence-corrected chi connectivity index (χ4v) is 3.62. The van der Waals surface area contributed by atoms with Crippen LogP contribution in [0, 0.1) is 17.6 Å². The van der Waals surface area contributed by atoms with Crippen LogP contribution in [0.15, 0.2) is 30.3 Å². The summed E-state index contributed by atoms with van der Waals surface area (Å²) in [7, 11) is 0. The molecular formula is C21H15Cl3F5N3O3. The van der Waals surface area contributed by atoms with Crippen LogP contribution in [-0.2, 0) is 9.59 Å². The van der Waals surface area contributed by atoms with Crippen LogP contribution in [0.25, 0.3) is 0 Å². The van der Waals surface area contributed by atoms with Gasteiger partial charge >= 0.3 is 6.18 Å². The van der Waals surface area contributed by atoms with Crippen molar-refractivity contribution in [2.45, 2.75) is 29.8 Å². The molecule has 2 aromatic carbocycles. The lowest BCUT2D eigenvalue weighted by molar-refractivity contribution is -0.142. The van der Waals surface area contributed by atoms with E-state index in [0.717, 1.165) is 6.07 Å². The number of benzene rings is 2. The van der Waals surface area contributed by atoms with Crippen LogP contribution >= 0.6 is 34.8 Å². The first kappa shape index (κ1) is 27.0. The first-order valence-corrected chi connectivity index (χ1v) is 11.0. The highest BCUT2D eigenvalue weighted by Gasteiger charge is 2.56. The average molecular weight is 559 g/mol. The summed E-state index contributed by atoms with van der Waals surface area (Å²) in [5, 5.41) is 6.33. The summed E-state index contributed by atoms with van der Waals surface area (Å²) in [6, 6.07) is 5.44. The molecule has 3 rings (SSSR count). The van der Waals surface area contributed by atoms with Crippen molar-refractivity contribution in [1.82, 2.24) is 0 Å². The van der Waals surface area contributed by atoms with Gasteiger partial charge in [-0.3, -0.25) is 14.4 Å². The molecule has 1 unspecified atom stereocenters. The van der Waals surface area contributed by atoms with E-state index in [2.05, 4.69) is 10.6 Å². The van der Waals surface area contributed by atoms with Crippen molar-refractivity contribution < 1.29 is 36.3 Å². The first-order valence-electron chi connectivity index (χ1n) is 9.82. The van der Waals surface area contributed by atoms with Crippen LogP contribution in [-0.4, -0.2) is 28.2 Å². The number of hydrogen-bond donors (Lipinski definition) is 3. The molecule has 0 aliphatic heterocycles. The van der Waals surface area contributed by atoms with Gasteiger partial charge in [0.15, 0.2) is 5.82 Å². The number of alkyl halides is 5. The molecule has 1 aliphatic rings. The standard InChI is InChI=1S/C21H15Cl3F5N3O3/c22-12-2-1-9(30-19(35)11-8-20(11,23)24)7-10(12)18(34)31-14-4-3-13(25)17(16(14)26)32-15(33)5-6-21(27,28)29/h1-4,7,11H,5-6,8H2,(H,30,35)(H,31,34)(H,32,33). The predicted molar refractivity (Wildman–Crippen MR) is 121 cm³/mol. The highest BCUT2D eigenvalue weighted by molar-refractivity contribution is 6.52. The Hall–Kier alpha value is -2.63. The Kier molecular flexibility index (Phi) is 7.83. The normalized spacial score (nSPS) is 16.4. The molecule has 0 radical (unpaired) electrons. The number of amides is 3. The summed E-state index contributed by atoms with van der Waals surface area (Å²) in [6.45, 7) is 0. The van der Waals surface area contributed by atoms with E-state index in [1.807, 2.05) is 0 Å².